The van der Waals surface area contributed by atoms with Crippen LogP contribution in [0.25, 0.3) is 5.65 Å². The largest absolute Gasteiger partial charge is 0.455 e. The Morgan fingerprint density at radius 1 is 1.47 bits per heavy atom. The molecule has 0 amide bonds. The number of hydrogen-bond acceptors (Lipinski definition) is 3. The van der Waals surface area contributed by atoms with Crippen LogP contribution in [0.2, 0.25) is 5.02 Å². The fourth-order valence-corrected chi connectivity index (χ4v) is 1.62. The van der Waals surface area contributed by atoms with E-state index in [4.69, 9.17) is 16.3 Å². The van der Waals surface area contributed by atoms with Crippen LogP contribution < -0.4 is 0 Å². The summed E-state index contributed by atoms with van der Waals surface area (Å²) < 4.78 is 6.93. The molecule has 4 nitrogen and oxygen atoms in total. The number of ether oxygens (including phenoxy) is 1. The second kappa shape index (κ2) is 4.04. The van der Waals surface area contributed by atoms with Crippen LogP contribution >= 0.6 is 11.6 Å². The molecule has 0 spiro atoms. The van der Waals surface area contributed by atoms with Gasteiger partial charge in [-0.25, -0.2) is 9.78 Å². The summed E-state index contributed by atoms with van der Waals surface area (Å²) in [6.07, 6.45) is 3.39. The first kappa shape index (κ1) is 11.9. The highest BCUT2D eigenvalue weighted by Crippen LogP contribution is 2.18. The van der Waals surface area contributed by atoms with E-state index in [2.05, 4.69) is 4.98 Å². The zero-order chi connectivity index (χ0) is 12.6. The van der Waals surface area contributed by atoms with Crippen molar-refractivity contribution in [3.63, 3.8) is 0 Å². The molecule has 0 saturated heterocycles. The molecule has 2 rings (SSSR count). The van der Waals surface area contributed by atoms with Crippen LogP contribution in [0.15, 0.2) is 24.5 Å². The SMILES string of the molecule is CC(C)(C)OC(=O)c1cn2cccc(Cl)c2n1. The Labute approximate surface area is 104 Å². The van der Waals surface area contributed by atoms with Crippen LogP contribution in [0.5, 0.6) is 0 Å². The molecule has 0 aliphatic carbocycles. The molecule has 2 heterocycles. The molecule has 17 heavy (non-hydrogen) atoms. The molecule has 0 saturated carbocycles. The van der Waals surface area contributed by atoms with Crippen molar-refractivity contribution < 1.29 is 9.53 Å². The van der Waals surface area contributed by atoms with E-state index in [-0.39, 0.29) is 5.69 Å². The number of aromatic nitrogens is 2. The number of halogens is 1. The number of nitrogens with zero attached hydrogens (tertiary/aromatic N) is 2. The fraction of sp³-hybridized carbons (Fsp3) is 0.333. The first-order chi connectivity index (χ1) is 7.87. The number of carbonyl (C=O) groups is 1. The van der Waals surface area contributed by atoms with Crippen molar-refractivity contribution in [2.45, 2.75) is 26.4 Å². The Kier molecular flexibility index (Phi) is 2.83. The predicted octanol–water partition coefficient (Wildman–Crippen LogP) is 2.94. The van der Waals surface area contributed by atoms with Gasteiger partial charge in [0.1, 0.15) is 5.60 Å². The fourth-order valence-electron chi connectivity index (χ4n) is 1.41. The van der Waals surface area contributed by atoms with Crippen LogP contribution in [0, 0.1) is 0 Å². The van der Waals surface area contributed by atoms with Gasteiger partial charge in [0.05, 0.1) is 5.02 Å². The summed E-state index contributed by atoms with van der Waals surface area (Å²) in [6, 6.07) is 3.51. The van der Waals surface area contributed by atoms with Crippen LogP contribution in [-0.4, -0.2) is 21.0 Å². The molecule has 2 aromatic rings. The lowest BCUT2D eigenvalue weighted by molar-refractivity contribution is 0.00636. The van der Waals surface area contributed by atoms with E-state index in [0.29, 0.717) is 10.7 Å². The predicted molar refractivity (Wildman–Crippen MR) is 65.4 cm³/mol. The van der Waals surface area contributed by atoms with Crippen molar-refractivity contribution in [3.8, 4) is 0 Å². The smallest absolute Gasteiger partial charge is 0.359 e. The minimum absolute atomic E-state index is 0.257. The number of imidazole rings is 1. The van der Waals surface area contributed by atoms with Gasteiger partial charge in [-0.3, -0.25) is 0 Å². The van der Waals surface area contributed by atoms with Gasteiger partial charge in [0.2, 0.25) is 0 Å². The summed E-state index contributed by atoms with van der Waals surface area (Å²) in [4.78, 5) is 16.0. The van der Waals surface area contributed by atoms with Gasteiger partial charge in [-0.2, -0.15) is 0 Å². The molecule has 0 bridgehead atoms. The summed E-state index contributed by atoms with van der Waals surface area (Å²) in [5.41, 5.74) is 0.277. The molecule has 2 aromatic heterocycles. The first-order valence-corrected chi connectivity index (χ1v) is 5.61. The van der Waals surface area contributed by atoms with E-state index in [1.807, 2.05) is 20.8 Å². The topological polar surface area (TPSA) is 43.6 Å². The quantitative estimate of drug-likeness (QED) is 0.733. The molecule has 0 aliphatic rings. The summed E-state index contributed by atoms with van der Waals surface area (Å²) in [5, 5.41) is 0.502. The maximum Gasteiger partial charge on any atom is 0.359 e. The molecule has 0 fully saturated rings. The Morgan fingerprint density at radius 3 is 2.76 bits per heavy atom. The molecule has 0 aromatic carbocycles. The minimum Gasteiger partial charge on any atom is -0.455 e. The molecule has 0 aliphatic heterocycles. The number of fused-ring (bicyclic) bond motifs is 1. The highest BCUT2D eigenvalue weighted by molar-refractivity contribution is 6.33. The summed E-state index contributed by atoms with van der Waals surface area (Å²) >= 11 is 5.97. The van der Waals surface area contributed by atoms with Crippen LogP contribution in [0.3, 0.4) is 0 Å². The van der Waals surface area contributed by atoms with Crippen molar-refractivity contribution in [2.75, 3.05) is 0 Å². The minimum atomic E-state index is -0.531. The Bertz CT molecular complexity index is 569. The van der Waals surface area contributed by atoms with E-state index in [1.54, 1.807) is 28.9 Å². The molecular formula is C12H13ClN2O2. The van der Waals surface area contributed by atoms with Gasteiger partial charge in [-0.1, -0.05) is 11.6 Å². The monoisotopic (exact) mass is 252 g/mol. The zero-order valence-corrected chi connectivity index (χ0v) is 10.7. The van der Waals surface area contributed by atoms with Gasteiger partial charge in [-0.05, 0) is 32.9 Å². The highest BCUT2D eigenvalue weighted by Gasteiger charge is 2.20. The normalized spacial score (nSPS) is 11.8. The lowest BCUT2D eigenvalue weighted by atomic mass is 10.2. The Balaban J connectivity index is 2.37. The standard InChI is InChI=1S/C12H13ClN2O2/c1-12(2,3)17-11(16)9-7-15-6-4-5-8(13)10(15)14-9/h4-7H,1-3H3. The van der Waals surface area contributed by atoms with E-state index in [0.717, 1.165) is 0 Å². The summed E-state index contributed by atoms with van der Waals surface area (Å²) in [6.45, 7) is 5.44. The summed E-state index contributed by atoms with van der Waals surface area (Å²) in [5.74, 6) is -0.447. The maximum absolute atomic E-state index is 11.8. The number of hydrogen-bond donors (Lipinski definition) is 0. The van der Waals surface area contributed by atoms with Crippen LogP contribution in [0.4, 0.5) is 0 Å². The lowest BCUT2D eigenvalue weighted by Crippen LogP contribution is -2.24. The van der Waals surface area contributed by atoms with Crippen LogP contribution in [0.1, 0.15) is 31.3 Å². The molecule has 0 radical (unpaired) electrons. The first-order valence-electron chi connectivity index (χ1n) is 5.23. The van der Waals surface area contributed by atoms with Crippen molar-refractivity contribution in [3.05, 3.63) is 35.2 Å². The van der Waals surface area contributed by atoms with Gasteiger partial charge >= 0.3 is 5.97 Å². The average Bonchev–Trinajstić information content (AvgIpc) is 2.60. The molecular weight excluding hydrogens is 240 g/mol. The third kappa shape index (κ3) is 2.58. The summed E-state index contributed by atoms with van der Waals surface area (Å²) in [7, 11) is 0. The Morgan fingerprint density at radius 2 is 2.18 bits per heavy atom. The third-order valence-corrected chi connectivity index (χ3v) is 2.34. The number of rotatable bonds is 1. The van der Waals surface area contributed by atoms with E-state index < -0.39 is 11.6 Å². The zero-order valence-electron chi connectivity index (χ0n) is 9.90. The average molecular weight is 253 g/mol. The maximum atomic E-state index is 11.8. The molecule has 0 N–H and O–H groups in total. The van der Waals surface area contributed by atoms with Crippen molar-refractivity contribution in [2.24, 2.45) is 0 Å². The van der Waals surface area contributed by atoms with Gasteiger partial charge in [0, 0.05) is 12.4 Å². The molecule has 90 valence electrons. The Hall–Kier alpha value is -1.55. The highest BCUT2D eigenvalue weighted by atomic mass is 35.5. The van der Waals surface area contributed by atoms with Gasteiger partial charge < -0.3 is 9.14 Å². The second-order valence-electron chi connectivity index (χ2n) is 4.72. The van der Waals surface area contributed by atoms with Crippen molar-refractivity contribution >= 4 is 23.2 Å². The van der Waals surface area contributed by atoms with Crippen molar-refractivity contribution in [1.82, 2.24) is 9.38 Å². The molecule has 0 unspecified atom stereocenters. The lowest BCUT2D eigenvalue weighted by Gasteiger charge is -2.18. The van der Waals surface area contributed by atoms with Gasteiger partial charge in [0.25, 0.3) is 0 Å². The number of esters is 1. The molecule has 5 heteroatoms. The van der Waals surface area contributed by atoms with E-state index in [1.165, 1.54) is 0 Å². The number of carbonyl (C=O) groups excluding carboxylic acids is 1. The van der Waals surface area contributed by atoms with Crippen LogP contribution in [-0.2, 0) is 4.74 Å². The second-order valence-corrected chi connectivity index (χ2v) is 5.12. The molecule has 0 atom stereocenters. The van der Waals surface area contributed by atoms with Gasteiger partial charge in [-0.15, -0.1) is 0 Å². The van der Waals surface area contributed by atoms with Gasteiger partial charge in [0.15, 0.2) is 11.3 Å². The number of pyridine rings is 1. The van der Waals surface area contributed by atoms with E-state index >= 15 is 0 Å². The third-order valence-electron chi connectivity index (χ3n) is 2.04. The van der Waals surface area contributed by atoms with Crippen molar-refractivity contribution in [1.29, 1.82) is 0 Å². The van der Waals surface area contributed by atoms with E-state index in [9.17, 15) is 4.79 Å².